The zero-order valence-electron chi connectivity index (χ0n) is 40.1. The summed E-state index contributed by atoms with van der Waals surface area (Å²) in [5.41, 5.74) is 3.66. The summed E-state index contributed by atoms with van der Waals surface area (Å²) in [6.07, 6.45) is 4.60. The summed E-state index contributed by atoms with van der Waals surface area (Å²) in [6, 6.07) is 30.8. The van der Waals surface area contributed by atoms with Crippen LogP contribution in [-0.4, -0.2) is 116 Å². The molecule has 5 aromatic carbocycles. The predicted octanol–water partition coefficient (Wildman–Crippen LogP) is 7.08. The van der Waals surface area contributed by atoms with Gasteiger partial charge in [-0.1, -0.05) is 88.8 Å². The molecule has 0 saturated carbocycles. The number of benzene rings is 5. The number of rotatable bonds is 21. The van der Waals surface area contributed by atoms with Gasteiger partial charge in [-0.25, -0.2) is 19.9 Å². The smallest absolute Gasteiger partial charge is 0.335 e. The summed E-state index contributed by atoms with van der Waals surface area (Å²) in [4.78, 5) is 59.8. The predicted molar refractivity (Wildman–Crippen MR) is 285 cm³/mol. The highest BCUT2D eigenvalue weighted by molar-refractivity contribution is 8.04. The van der Waals surface area contributed by atoms with Crippen LogP contribution >= 0.6 is 35.1 Å². The van der Waals surface area contributed by atoms with E-state index in [0.717, 1.165) is 64.9 Å². The van der Waals surface area contributed by atoms with Crippen molar-refractivity contribution < 1.29 is 73.8 Å². The number of nitrogens with one attached hydrogen (secondary N) is 1. The van der Waals surface area contributed by atoms with Gasteiger partial charge in [-0.2, -0.15) is 21.4 Å². The number of amides is 5. The molecule has 76 heavy (non-hydrogen) atoms. The van der Waals surface area contributed by atoms with Crippen LogP contribution in [0.2, 0.25) is 0 Å². The zero-order valence-corrected chi connectivity index (χ0v) is 44.2. The van der Waals surface area contributed by atoms with E-state index in [4.69, 9.17) is 14.7 Å². The standard InChI is InChI=1S/C50H46N6O15S5/c1-2-52-38-28-35(76(65,66)67)15-17-40(38)69-44(52)20-16-37-48(58)55(50(60)56(49(37)59)31-72-71-70-61)30-43(57)51-21-24-68-25-23-53-39-27-34(32-9-4-3-5-10-32)14-18-41(39)73-45(53)29-46-54(22-8-26-75(62,63)64)47-36-12-7-6-11-33(36)13-19-42(47)74-46/h3-7,9-20,27-29H,2,8,21-26,30-31H2,1H3,(H3-,51,57,61,62,63,64,65,66,67)/p+1. The molecule has 0 atom stereocenters. The lowest BCUT2D eigenvalue weighted by atomic mass is 10.0. The van der Waals surface area contributed by atoms with Crippen molar-refractivity contribution in [2.75, 3.05) is 60.8 Å². The van der Waals surface area contributed by atoms with Gasteiger partial charge in [-0.15, -0.1) is 4.33 Å². The Bertz CT molecular complexity index is 3590. The van der Waals surface area contributed by atoms with Gasteiger partial charge in [0.1, 0.15) is 22.7 Å². The van der Waals surface area contributed by atoms with E-state index >= 15 is 0 Å². The molecule has 1 fully saturated rings. The van der Waals surface area contributed by atoms with Gasteiger partial charge in [0, 0.05) is 31.0 Å². The van der Waals surface area contributed by atoms with Gasteiger partial charge in [0.25, 0.3) is 37.1 Å². The lowest BCUT2D eigenvalue weighted by Gasteiger charge is -2.32. The van der Waals surface area contributed by atoms with Crippen molar-refractivity contribution in [3.05, 3.63) is 137 Å². The van der Waals surface area contributed by atoms with Crippen molar-refractivity contribution in [1.82, 2.24) is 15.1 Å². The molecule has 1 aromatic heterocycles. The van der Waals surface area contributed by atoms with Crippen LogP contribution in [0.5, 0.6) is 5.75 Å². The Balaban J connectivity index is 0.894. The minimum atomic E-state index is -4.55. The number of fused-ring (bicyclic) bond motifs is 5. The Kier molecular flexibility index (Phi) is 16.6. The van der Waals surface area contributed by atoms with Crippen LogP contribution in [0, 0.1) is 0 Å². The summed E-state index contributed by atoms with van der Waals surface area (Å²) >= 11 is 3.49. The number of barbiturate groups is 1. The van der Waals surface area contributed by atoms with E-state index in [-0.39, 0.29) is 54.9 Å². The van der Waals surface area contributed by atoms with Crippen molar-refractivity contribution in [1.29, 1.82) is 0 Å². The molecule has 26 heteroatoms. The fraction of sp³-hybridized carbons (Fsp3) is 0.220. The molecule has 21 nitrogen and oxygen atoms in total. The maximum absolute atomic E-state index is 13.8. The van der Waals surface area contributed by atoms with E-state index in [1.54, 1.807) is 30.0 Å². The second kappa shape index (κ2) is 23.3. The van der Waals surface area contributed by atoms with Crippen LogP contribution in [-0.2, 0) is 55.3 Å². The third-order valence-corrected chi connectivity index (χ3v) is 16.6. The number of aryl methyl sites for hydroxylation is 1. The van der Waals surface area contributed by atoms with Crippen LogP contribution in [0.3, 0.4) is 0 Å². The molecule has 3 aliphatic rings. The number of thiazole rings is 1. The number of anilines is 2. The van der Waals surface area contributed by atoms with Crippen LogP contribution in [0.4, 0.5) is 16.2 Å². The number of hydrogen-bond donors (Lipinski definition) is 4. The van der Waals surface area contributed by atoms with Gasteiger partial charge in [0.2, 0.25) is 17.3 Å². The monoisotopic (exact) mass is 1130 g/mol. The number of aromatic nitrogens is 1. The first-order valence-electron chi connectivity index (χ1n) is 23.3. The SMILES string of the molecule is CCN1C(=CC=C2C(=O)N(CSOOO)C(=O)N(CC(=O)NCCOCCN3C(=Cc4sc5ccc6ccccc6c5[n+]4CCCS(=O)(=O)O)Sc4ccc(-c5ccccc5)cc43)C2=O)Oc2ccc(S(=O)(=O)O)cc21. The van der Waals surface area contributed by atoms with Crippen molar-refractivity contribution in [2.24, 2.45) is 0 Å². The van der Waals surface area contributed by atoms with Crippen LogP contribution in [0.15, 0.2) is 142 Å². The number of imide groups is 2. The molecule has 5 amide bonds. The van der Waals surface area contributed by atoms with Crippen molar-refractivity contribution in [3.63, 3.8) is 0 Å². The summed E-state index contributed by atoms with van der Waals surface area (Å²) in [6.45, 7) is 2.05. The fourth-order valence-corrected chi connectivity index (χ4v) is 12.5. The van der Waals surface area contributed by atoms with E-state index in [1.807, 2.05) is 54.6 Å². The molecule has 4 heterocycles. The van der Waals surface area contributed by atoms with Crippen LogP contribution in [0.1, 0.15) is 18.4 Å². The number of allylic oxidation sites excluding steroid dienone is 2. The summed E-state index contributed by atoms with van der Waals surface area (Å²) in [7, 11) is -8.75. The van der Waals surface area contributed by atoms with Gasteiger partial charge in [-0.3, -0.25) is 23.5 Å². The lowest BCUT2D eigenvalue weighted by molar-refractivity contribution is -0.667. The highest BCUT2D eigenvalue weighted by atomic mass is 32.2. The maximum Gasteiger partial charge on any atom is 0.335 e. The van der Waals surface area contributed by atoms with Crippen molar-refractivity contribution >= 4 is 118 Å². The van der Waals surface area contributed by atoms with Gasteiger partial charge < -0.3 is 24.6 Å². The molecule has 0 spiro atoms. The first-order chi connectivity index (χ1) is 36.5. The fourth-order valence-electron chi connectivity index (χ4n) is 8.72. The molecule has 0 aliphatic carbocycles. The average Bonchev–Trinajstić information content (AvgIpc) is 4.08. The number of hydrogen-bond acceptors (Lipinski definition) is 18. The lowest BCUT2D eigenvalue weighted by Crippen LogP contribution is -2.58. The largest absolute Gasteiger partial charge is 0.439 e. The normalized spacial score (nSPS) is 16.5. The Hall–Kier alpha value is -6.69. The summed E-state index contributed by atoms with van der Waals surface area (Å²) < 4.78 is 85.8. The van der Waals surface area contributed by atoms with E-state index < -0.39 is 67.7 Å². The molecular formula is C50H47N6O15S5+. The molecule has 6 aromatic rings. The Labute approximate surface area is 448 Å². The third kappa shape index (κ3) is 12.0. The van der Waals surface area contributed by atoms with Gasteiger partial charge in [0.05, 0.1) is 63.8 Å². The quantitative estimate of drug-likeness (QED) is 0.00820. The van der Waals surface area contributed by atoms with Crippen molar-refractivity contribution in [3.8, 4) is 16.9 Å². The average molecular weight is 1130 g/mol. The molecule has 9 rings (SSSR count). The first-order valence-corrected chi connectivity index (χ1v) is 28.9. The van der Waals surface area contributed by atoms with Gasteiger partial charge in [-0.05, 0) is 78.1 Å². The number of urea groups is 1. The van der Waals surface area contributed by atoms with E-state index in [2.05, 4.69) is 60.6 Å². The number of ether oxygens (including phenoxy) is 2. The number of thioether (sulfide) groups is 1. The third-order valence-electron chi connectivity index (χ3n) is 12.2. The van der Waals surface area contributed by atoms with Gasteiger partial charge in [0.15, 0.2) is 12.3 Å². The Morgan fingerprint density at radius 3 is 2.38 bits per heavy atom. The highest BCUT2D eigenvalue weighted by Gasteiger charge is 2.43. The topological polar surface area (TPSA) is 263 Å². The number of carbonyl (C=O) groups is 4. The Morgan fingerprint density at radius 2 is 1.62 bits per heavy atom. The minimum Gasteiger partial charge on any atom is -0.439 e. The molecule has 0 unspecified atom stereocenters. The molecule has 3 aliphatic heterocycles. The van der Waals surface area contributed by atoms with Crippen molar-refractivity contribution in [2.45, 2.75) is 29.7 Å². The first kappa shape index (κ1) is 54.1. The Morgan fingerprint density at radius 1 is 0.842 bits per heavy atom. The summed E-state index contributed by atoms with van der Waals surface area (Å²) in [5.74, 6) is -3.62. The van der Waals surface area contributed by atoms with E-state index in [0.29, 0.717) is 34.9 Å². The molecule has 1 saturated heterocycles. The molecular weight excluding hydrogens is 1080 g/mol. The molecule has 0 bridgehead atoms. The van der Waals surface area contributed by atoms with E-state index in [9.17, 15) is 45.1 Å². The highest BCUT2D eigenvalue weighted by Crippen LogP contribution is 2.48. The molecule has 396 valence electrons. The maximum atomic E-state index is 13.8. The number of carbonyl (C=O) groups excluding carboxylic acids is 4. The number of nitrogens with zero attached hydrogens (tertiary/aromatic N) is 5. The van der Waals surface area contributed by atoms with Crippen LogP contribution in [0.25, 0.3) is 38.2 Å². The summed E-state index contributed by atoms with van der Waals surface area (Å²) in [5, 5.41) is 18.7. The van der Waals surface area contributed by atoms with E-state index in [1.165, 1.54) is 23.1 Å². The minimum absolute atomic E-state index is 0.0282. The molecule has 0 radical (unpaired) electrons. The zero-order chi connectivity index (χ0) is 53.7. The second-order valence-corrected chi connectivity index (χ2v) is 22.7. The second-order valence-electron chi connectivity index (χ2n) is 16.9. The van der Waals surface area contributed by atoms with Gasteiger partial charge >= 0.3 is 6.03 Å². The van der Waals surface area contributed by atoms with Crippen LogP contribution < -0.4 is 24.4 Å². The molecule has 4 N–H and O–H groups in total.